The van der Waals surface area contributed by atoms with E-state index in [2.05, 4.69) is 0 Å². The molecule has 0 saturated carbocycles. The molecule has 1 fully saturated rings. The van der Waals surface area contributed by atoms with Crippen molar-refractivity contribution in [2.45, 2.75) is 102 Å². The number of halogens is 6. The topological polar surface area (TPSA) is 47.9 Å². The van der Waals surface area contributed by atoms with Gasteiger partial charge in [-0.25, -0.2) is 0 Å². The lowest BCUT2D eigenvalue weighted by molar-refractivity contribution is -0.369. The average molecular weight is 577 g/mol. The van der Waals surface area contributed by atoms with Crippen LogP contribution in [-0.4, -0.2) is 48.2 Å². The highest BCUT2D eigenvalue weighted by Crippen LogP contribution is 2.46. The fraction of sp³-hybridized carbons (Fsp3) is 0.600. The van der Waals surface area contributed by atoms with Crippen molar-refractivity contribution >= 4 is 0 Å². The van der Waals surface area contributed by atoms with E-state index in [4.69, 9.17) is 14.2 Å². The maximum absolute atomic E-state index is 13.1. The number of hydrogen-bond acceptors (Lipinski definition) is 4. The second-order valence-electron chi connectivity index (χ2n) is 11.0. The first kappa shape index (κ1) is 32.2. The van der Waals surface area contributed by atoms with Crippen LogP contribution < -0.4 is 4.74 Å². The molecular formula is C30H38F6O4. The summed E-state index contributed by atoms with van der Waals surface area (Å²) in [5, 5.41) is 9.54. The molecule has 1 N–H and O–H groups in total. The van der Waals surface area contributed by atoms with Gasteiger partial charge in [0, 0.05) is 5.41 Å². The molecule has 0 bridgehead atoms. The summed E-state index contributed by atoms with van der Waals surface area (Å²) in [5.41, 5.74) is -1.46. The summed E-state index contributed by atoms with van der Waals surface area (Å²) in [7, 11) is 0. The Morgan fingerprint density at radius 2 is 1.45 bits per heavy atom. The van der Waals surface area contributed by atoms with Crippen molar-refractivity contribution in [1.82, 2.24) is 0 Å². The lowest BCUT2D eigenvalue weighted by atomic mass is 9.69. The highest BCUT2D eigenvalue weighted by atomic mass is 19.4. The molecule has 0 unspecified atom stereocenters. The summed E-state index contributed by atoms with van der Waals surface area (Å²) in [4.78, 5) is 0. The standard InChI is InChI=1S/C30H38F6O4/c1-7-27(8-2,23-11-12-25(20(4)16-23)38-17-24-18-39-26(5,6)40-24)22-10-9-21(19(3)15-22)13-14-28(37,29(31,32)33)30(34,35)36/h9-12,15-16,24,37H,7-8,13-14,17-18H2,1-6H3/t24-/m1/s1. The number of benzene rings is 2. The number of hydrogen-bond donors (Lipinski definition) is 1. The van der Waals surface area contributed by atoms with Gasteiger partial charge in [-0.1, -0.05) is 44.2 Å². The van der Waals surface area contributed by atoms with Crippen LogP contribution in [-0.2, 0) is 21.3 Å². The van der Waals surface area contributed by atoms with Gasteiger partial charge < -0.3 is 19.3 Å². The first-order valence-electron chi connectivity index (χ1n) is 13.4. The Balaban J connectivity index is 1.83. The van der Waals surface area contributed by atoms with Crippen LogP contribution in [0.5, 0.6) is 5.75 Å². The van der Waals surface area contributed by atoms with E-state index in [1.807, 2.05) is 58.9 Å². The molecule has 0 aromatic heterocycles. The Morgan fingerprint density at radius 3 is 1.90 bits per heavy atom. The normalized spacial score (nSPS) is 18.3. The van der Waals surface area contributed by atoms with Crippen LogP contribution in [0.3, 0.4) is 0 Å². The molecule has 1 heterocycles. The largest absolute Gasteiger partial charge is 0.491 e. The Hall–Kier alpha value is -2.30. The van der Waals surface area contributed by atoms with Gasteiger partial charge in [-0.15, -0.1) is 0 Å². The number of alkyl halides is 6. The van der Waals surface area contributed by atoms with Crippen LogP contribution in [0.15, 0.2) is 36.4 Å². The van der Waals surface area contributed by atoms with Crippen LogP contribution in [0.2, 0.25) is 0 Å². The molecule has 1 aliphatic heterocycles. The second-order valence-corrected chi connectivity index (χ2v) is 11.0. The summed E-state index contributed by atoms with van der Waals surface area (Å²) < 4.78 is 96.2. The molecule has 0 spiro atoms. The zero-order valence-electron chi connectivity index (χ0n) is 23.7. The molecule has 3 rings (SSSR count). The van der Waals surface area contributed by atoms with E-state index in [9.17, 15) is 31.4 Å². The predicted molar refractivity (Wildman–Crippen MR) is 139 cm³/mol. The third-order valence-electron chi connectivity index (χ3n) is 8.02. The van der Waals surface area contributed by atoms with Gasteiger partial charge >= 0.3 is 12.4 Å². The molecule has 2 aromatic carbocycles. The minimum atomic E-state index is -5.83. The fourth-order valence-corrected chi connectivity index (χ4v) is 5.40. The third kappa shape index (κ3) is 6.44. The summed E-state index contributed by atoms with van der Waals surface area (Å²) in [6.07, 6.45) is -12.5. The van der Waals surface area contributed by atoms with Gasteiger partial charge in [0.15, 0.2) is 5.79 Å². The van der Waals surface area contributed by atoms with Gasteiger partial charge in [-0.2, -0.15) is 26.3 Å². The lowest BCUT2D eigenvalue weighted by Gasteiger charge is -2.35. The molecule has 40 heavy (non-hydrogen) atoms. The van der Waals surface area contributed by atoms with Crippen molar-refractivity contribution in [3.8, 4) is 5.75 Å². The molecule has 2 aromatic rings. The van der Waals surface area contributed by atoms with Crippen molar-refractivity contribution in [3.05, 3.63) is 64.2 Å². The highest BCUT2D eigenvalue weighted by molar-refractivity contribution is 5.47. The molecule has 0 radical (unpaired) electrons. The fourth-order valence-electron chi connectivity index (χ4n) is 5.40. The Morgan fingerprint density at radius 1 is 0.900 bits per heavy atom. The van der Waals surface area contributed by atoms with Crippen molar-refractivity contribution in [2.24, 2.45) is 0 Å². The molecule has 0 aliphatic carbocycles. The van der Waals surface area contributed by atoms with Crippen molar-refractivity contribution in [3.63, 3.8) is 0 Å². The monoisotopic (exact) mass is 576 g/mol. The van der Waals surface area contributed by atoms with Gasteiger partial charge in [0.2, 0.25) is 0 Å². The maximum atomic E-state index is 13.1. The number of ether oxygens (including phenoxy) is 3. The Bertz CT molecular complexity index is 1150. The summed E-state index contributed by atoms with van der Waals surface area (Å²) in [5.74, 6) is 0.0758. The van der Waals surface area contributed by atoms with E-state index in [-0.39, 0.29) is 6.10 Å². The molecule has 1 aliphatic rings. The van der Waals surface area contributed by atoms with Crippen molar-refractivity contribution in [2.75, 3.05) is 13.2 Å². The van der Waals surface area contributed by atoms with Gasteiger partial charge in [-0.3, -0.25) is 0 Å². The summed E-state index contributed by atoms with van der Waals surface area (Å²) in [6, 6.07) is 11.1. The highest BCUT2D eigenvalue weighted by Gasteiger charge is 2.69. The molecule has 1 atom stereocenters. The average Bonchev–Trinajstić information content (AvgIpc) is 3.20. The third-order valence-corrected chi connectivity index (χ3v) is 8.02. The number of rotatable bonds is 10. The number of aliphatic hydroxyl groups is 1. The van der Waals surface area contributed by atoms with Gasteiger partial charge in [0.05, 0.1) is 6.61 Å². The lowest BCUT2D eigenvalue weighted by Crippen LogP contribution is -2.57. The first-order chi connectivity index (χ1) is 18.4. The van der Waals surface area contributed by atoms with E-state index in [1.165, 1.54) is 0 Å². The molecular weight excluding hydrogens is 538 g/mol. The minimum Gasteiger partial charge on any atom is -0.491 e. The van der Waals surface area contributed by atoms with Gasteiger partial charge in [-0.05, 0) is 87.3 Å². The van der Waals surface area contributed by atoms with Crippen LogP contribution in [0.4, 0.5) is 26.3 Å². The zero-order chi connectivity index (χ0) is 30.1. The second kappa shape index (κ2) is 11.5. The molecule has 4 nitrogen and oxygen atoms in total. The Kier molecular flexibility index (Phi) is 9.28. The molecule has 224 valence electrons. The number of aryl methyl sites for hydroxylation is 3. The molecule has 0 amide bonds. The van der Waals surface area contributed by atoms with E-state index >= 15 is 0 Å². The summed E-state index contributed by atoms with van der Waals surface area (Å²) >= 11 is 0. The Labute approximate surface area is 231 Å². The SMILES string of the molecule is CCC(CC)(c1ccc(CCC(O)(C(F)(F)F)C(F)(F)F)c(C)c1)c1ccc(OC[C@@H]2COC(C)(C)O2)c(C)c1. The van der Waals surface area contributed by atoms with Crippen LogP contribution in [0, 0.1) is 13.8 Å². The van der Waals surface area contributed by atoms with E-state index in [0.29, 0.717) is 42.9 Å². The molecule has 10 heteroatoms. The van der Waals surface area contributed by atoms with Crippen LogP contribution in [0.1, 0.15) is 74.8 Å². The van der Waals surface area contributed by atoms with Gasteiger partial charge in [0.25, 0.3) is 5.60 Å². The predicted octanol–water partition coefficient (Wildman–Crippen LogP) is 7.73. The van der Waals surface area contributed by atoms with Gasteiger partial charge in [0.1, 0.15) is 18.5 Å². The quantitative estimate of drug-likeness (QED) is 0.294. The van der Waals surface area contributed by atoms with Crippen molar-refractivity contribution < 1.29 is 45.7 Å². The first-order valence-corrected chi connectivity index (χ1v) is 13.4. The van der Waals surface area contributed by atoms with Crippen LogP contribution in [0.25, 0.3) is 0 Å². The maximum Gasteiger partial charge on any atom is 0.426 e. The zero-order valence-corrected chi connectivity index (χ0v) is 23.7. The van der Waals surface area contributed by atoms with Crippen molar-refractivity contribution in [1.29, 1.82) is 0 Å². The van der Waals surface area contributed by atoms with Crippen LogP contribution >= 0.6 is 0 Å². The summed E-state index contributed by atoms with van der Waals surface area (Å²) in [6.45, 7) is 12.2. The smallest absolute Gasteiger partial charge is 0.426 e. The minimum absolute atomic E-state index is 0.177. The molecule has 1 saturated heterocycles. The van der Waals surface area contributed by atoms with E-state index in [1.54, 1.807) is 19.1 Å². The van der Waals surface area contributed by atoms with E-state index in [0.717, 1.165) is 16.7 Å². The van der Waals surface area contributed by atoms with E-state index < -0.39 is 42.0 Å².